The second-order valence-corrected chi connectivity index (χ2v) is 3.34. The lowest BCUT2D eigenvalue weighted by atomic mass is 9.77. The third kappa shape index (κ3) is 0.929. The fourth-order valence-corrected chi connectivity index (χ4v) is 1.66. The van der Waals surface area contributed by atoms with Gasteiger partial charge in [-0.05, 0) is 0 Å². The number of aromatic nitrogens is 3. The van der Waals surface area contributed by atoms with Gasteiger partial charge in [-0.15, -0.1) is 0 Å². The molecule has 1 aromatic heterocycles. The van der Waals surface area contributed by atoms with E-state index in [1.165, 1.54) is 11.0 Å². The molecule has 2 rings (SSSR count). The van der Waals surface area contributed by atoms with Crippen molar-refractivity contribution in [3.8, 4) is 0 Å². The van der Waals surface area contributed by atoms with Gasteiger partial charge in [0.2, 0.25) is 0 Å². The summed E-state index contributed by atoms with van der Waals surface area (Å²) in [6.07, 6.45) is 2.08. The van der Waals surface area contributed by atoms with Crippen LogP contribution in [0.25, 0.3) is 0 Å². The maximum Gasteiger partial charge on any atom is 0.172 e. The lowest BCUT2D eigenvalue weighted by molar-refractivity contribution is 0.0275. The van der Waals surface area contributed by atoms with Crippen LogP contribution in [-0.4, -0.2) is 20.8 Å². The summed E-state index contributed by atoms with van der Waals surface area (Å²) < 4.78 is 15.2. The molecule has 1 aliphatic rings. The average molecular weight is 170 g/mol. The first-order chi connectivity index (χ1) is 5.62. The van der Waals surface area contributed by atoms with E-state index in [0.29, 0.717) is 18.7 Å². The van der Waals surface area contributed by atoms with Gasteiger partial charge in [-0.3, -0.25) is 4.68 Å². The Hall–Kier alpha value is -0.970. The summed E-state index contributed by atoms with van der Waals surface area (Å²) in [5.74, 6) is 0.393. The van der Waals surface area contributed by atoms with Crippen LogP contribution in [-0.2, 0) is 12.7 Å². The maximum atomic E-state index is 13.8. The second kappa shape index (κ2) is 2.26. The molecule has 5 heteroatoms. The first kappa shape index (κ1) is 7.67. The molecule has 0 aliphatic heterocycles. The second-order valence-electron chi connectivity index (χ2n) is 3.34. The minimum atomic E-state index is -1.33. The van der Waals surface area contributed by atoms with Crippen LogP contribution in [0.4, 0.5) is 4.39 Å². The minimum absolute atomic E-state index is 0.0216. The molecule has 0 amide bonds. The molecular weight excluding hydrogens is 159 g/mol. The van der Waals surface area contributed by atoms with Gasteiger partial charge >= 0.3 is 0 Å². The number of hydrogen-bond acceptors (Lipinski definition) is 3. The van der Waals surface area contributed by atoms with E-state index in [4.69, 9.17) is 5.73 Å². The van der Waals surface area contributed by atoms with Crippen molar-refractivity contribution < 1.29 is 4.39 Å². The number of alkyl halides is 1. The highest BCUT2D eigenvalue weighted by Gasteiger charge is 2.47. The molecule has 12 heavy (non-hydrogen) atoms. The Bertz CT molecular complexity index is 289. The summed E-state index contributed by atoms with van der Waals surface area (Å²) in [4.78, 5) is 3.87. The molecule has 2 N–H and O–H groups in total. The number of nitrogens with two attached hydrogens (primary N) is 1. The molecule has 0 bridgehead atoms. The van der Waals surface area contributed by atoms with Gasteiger partial charge in [-0.25, -0.2) is 9.37 Å². The van der Waals surface area contributed by atoms with Crippen molar-refractivity contribution in [2.24, 2.45) is 12.8 Å². The molecule has 1 heterocycles. The van der Waals surface area contributed by atoms with E-state index in [-0.39, 0.29) is 6.04 Å². The molecule has 66 valence electrons. The van der Waals surface area contributed by atoms with Crippen molar-refractivity contribution in [1.29, 1.82) is 0 Å². The van der Waals surface area contributed by atoms with E-state index in [0.717, 1.165) is 0 Å². The van der Waals surface area contributed by atoms with Crippen LogP contribution in [0, 0.1) is 0 Å². The van der Waals surface area contributed by atoms with E-state index >= 15 is 0 Å². The van der Waals surface area contributed by atoms with Crippen LogP contribution in [0.1, 0.15) is 18.7 Å². The van der Waals surface area contributed by atoms with Crippen molar-refractivity contribution in [3.05, 3.63) is 12.2 Å². The highest BCUT2D eigenvalue weighted by atomic mass is 19.1. The van der Waals surface area contributed by atoms with Crippen LogP contribution >= 0.6 is 0 Å². The Labute approximate surface area is 69.6 Å². The molecule has 0 unspecified atom stereocenters. The fourth-order valence-electron chi connectivity index (χ4n) is 1.66. The molecule has 1 aromatic rings. The summed E-state index contributed by atoms with van der Waals surface area (Å²) in [5.41, 5.74) is 4.18. The summed E-state index contributed by atoms with van der Waals surface area (Å²) in [6.45, 7) is 0. The Morgan fingerprint density at radius 3 is 2.83 bits per heavy atom. The summed E-state index contributed by atoms with van der Waals surface area (Å²) in [7, 11) is 1.69. The predicted octanol–water partition coefficient (Wildman–Crippen LogP) is 0.101. The van der Waals surface area contributed by atoms with Crippen molar-refractivity contribution >= 4 is 0 Å². The first-order valence-electron chi connectivity index (χ1n) is 3.91. The predicted molar refractivity (Wildman–Crippen MR) is 41.0 cm³/mol. The Morgan fingerprint density at radius 2 is 2.42 bits per heavy atom. The van der Waals surface area contributed by atoms with Crippen LogP contribution in [0.5, 0.6) is 0 Å². The maximum absolute atomic E-state index is 13.8. The Morgan fingerprint density at radius 1 is 1.75 bits per heavy atom. The SMILES string of the molecule is Cn1ncnc1C1(F)CC(N)C1. The van der Waals surface area contributed by atoms with E-state index in [2.05, 4.69) is 10.1 Å². The highest BCUT2D eigenvalue weighted by molar-refractivity contribution is 5.10. The van der Waals surface area contributed by atoms with Crippen LogP contribution in [0.2, 0.25) is 0 Å². The zero-order valence-electron chi connectivity index (χ0n) is 6.87. The monoisotopic (exact) mass is 170 g/mol. The fraction of sp³-hybridized carbons (Fsp3) is 0.714. The number of halogens is 1. The summed E-state index contributed by atoms with van der Waals surface area (Å²) in [5, 5.41) is 3.81. The van der Waals surface area contributed by atoms with Gasteiger partial charge in [0.05, 0.1) is 0 Å². The molecule has 4 nitrogen and oxygen atoms in total. The number of hydrogen-bond donors (Lipinski definition) is 1. The molecule has 0 atom stereocenters. The largest absolute Gasteiger partial charge is 0.327 e. The zero-order chi connectivity index (χ0) is 8.77. The smallest absolute Gasteiger partial charge is 0.172 e. The molecule has 0 radical (unpaired) electrons. The van der Waals surface area contributed by atoms with Gasteiger partial charge in [-0.2, -0.15) is 5.10 Å². The van der Waals surface area contributed by atoms with Crippen LogP contribution < -0.4 is 5.73 Å². The number of aryl methyl sites for hydroxylation is 1. The lowest BCUT2D eigenvalue weighted by Gasteiger charge is -2.37. The zero-order valence-corrected chi connectivity index (χ0v) is 6.87. The Balaban J connectivity index is 2.26. The molecule has 0 saturated heterocycles. The van der Waals surface area contributed by atoms with Crippen LogP contribution in [0.15, 0.2) is 6.33 Å². The van der Waals surface area contributed by atoms with E-state index in [9.17, 15) is 4.39 Å². The molecule has 0 spiro atoms. The topological polar surface area (TPSA) is 56.7 Å². The van der Waals surface area contributed by atoms with Gasteiger partial charge in [0, 0.05) is 25.9 Å². The molecule has 1 fully saturated rings. The molecule has 1 saturated carbocycles. The van der Waals surface area contributed by atoms with Gasteiger partial charge in [0.15, 0.2) is 11.5 Å². The van der Waals surface area contributed by atoms with Crippen molar-refractivity contribution in [2.45, 2.75) is 24.6 Å². The van der Waals surface area contributed by atoms with Gasteiger partial charge < -0.3 is 5.73 Å². The standard InChI is InChI=1S/C7H11FN4/c1-12-6(10-4-11-12)7(8)2-5(9)3-7/h4-5H,2-3,9H2,1H3. The third-order valence-corrected chi connectivity index (χ3v) is 2.28. The quantitative estimate of drug-likeness (QED) is 0.650. The summed E-state index contributed by atoms with van der Waals surface area (Å²) >= 11 is 0. The third-order valence-electron chi connectivity index (χ3n) is 2.28. The Kier molecular flexibility index (Phi) is 1.44. The van der Waals surface area contributed by atoms with E-state index in [1.807, 2.05) is 0 Å². The van der Waals surface area contributed by atoms with Crippen molar-refractivity contribution in [1.82, 2.24) is 14.8 Å². The van der Waals surface area contributed by atoms with Crippen LogP contribution in [0.3, 0.4) is 0 Å². The lowest BCUT2D eigenvalue weighted by Crippen LogP contribution is -2.47. The molecule has 1 aliphatic carbocycles. The highest BCUT2D eigenvalue weighted by Crippen LogP contribution is 2.42. The van der Waals surface area contributed by atoms with Gasteiger partial charge in [-0.1, -0.05) is 0 Å². The van der Waals surface area contributed by atoms with Gasteiger partial charge in [0.25, 0.3) is 0 Å². The van der Waals surface area contributed by atoms with Gasteiger partial charge in [0.1, 0.15) is 6.33 Å². The number of rotatable bonds is 1. The normalized spacial score (nSPS) is 34.8. The minimum Gasteiger partial charge on any atom is -0.327 e. The van der Waals surface area contributed by atoms with Crippen molar-refractivity contribution in [3.63, 3.8) is 0 Å². The first-order valence-corrected chi connectivity index (χ1v) is 3.91. The molecular formula is C7H11FN4. The van der Waals surface area contributed by atoms with E-state index in [1.54, 1.807) is 7.05 Å². The summed E-state index contributed by atoms with van der Waals surface area (Å²) in [6, 6.07) is -0.0216. The van der Waals surface area contributed by atoms with Crippen molar-refractivity contribution in [2.75, 3.05) is 0 Å². The number of nitrogens with zero attached hydrogens (tertiary/aromatic N) is 3. The molecule has 0 aromatic carbocycles. The average Bonchev–Trinajstić information content (AvgIpc) is 2.32. The van der Waals surface area contributed by atoms with E-state index < -0.39 is 5.67 Å².